The molecule has 2 aromatic heterocycles. The monoisotopic (exact) mass is 244 g/mol. The van der Waals surface area contributed by atoms with Gasteiger partial charge in [0.1, 0.15) is 0 Å². The second-order valence-corrected chi connectivity index (χ2v) is 3.00. The largest absolute Gasteiger partial charge is 0.368 e. The van der Waals surface area contributed by atoms with E-state index in [0.717, 1.165) is 0 Å². The molecule has 18 heavy (non-hydrogen) atoms. The molecule has 8 N–H and O–H groups in total. The molecule has 10 heteroatoms. The second kappa shape index (κ2) is 4.34. The van der Waals surface area contributed by atoms with E-state index in [0.29, 0.717) is 0 Å². The van der Waals surface area contributed by atoms with Crippen LogP contribution in [0.25, 0.3) is 0 Å². The van der Waals surface area contributed by atoms with Crippen LogP contribution in [0.1, 0.15) is 11.6 Å². The topological polar surface area (TPSA) is 181 Å². The second-order valence-electron chi connectivity index (χ2n) is 3.00. The van der Waals surface area contributed by atoms with Crippen LogP contribution >= 0.6 is 0 Å². The van der Waals surface area contributed by atoms with E-state index >= 15 is 0 Å². The van der Waals surface area contributed by atoms with E-state index in [1.54, 1.807) is 0 Å². The van der Waals surface area contributed by atoms with Crippen LogP contribution in [0.15, 0.2) is 0 Å². The minimum absolute atomic E-state index is 0.0264. The lowest BCUT2D eigenvalue weighted by molar-refractivity contribution is 1.04. The Bertz CT molecular complexity index is 559. The summed E-state index contributed by atoms with van der Waals surface area (Å²) in [5.41, 5.74) is 21.5. The maximum Gasteiger partial charge on any atom is 0.225 e. The molecule has 0 aliphatic heterocycles. The zero-order chi connectivity index (χ0) is 13.1. The van der Waals surface area contributed by atoms with Crippen molar-refractivity contribution in [1.29, 1.82) is 0 Å². The van der Waals surface area contributed by atoms with E-state index in [1.165, 1.54) is 0 Å². The van der Waals surface area contributed by atoms with Crippen LogP contribution < -0.4 is 22.9 Å². The Morgan fingerprint density at radius 3 is 1.06 bits per heavy atom. The van der Waals surface area contributed by atoms with E-state index in [2.05, 4.69) is 41.7 Å². The summed E-state index contributed by atoms with van der Waals surface area (Å²) in [4.78, 5) is 22.3. The third-order valence-electron chi connectivity index (χ3n) is 1.63. The zero-order valence-corrected chi connectivity index (χ0v) is 8.99. The summed E-state index contributed by atoms with van der Waals surface area (Å²) in [5, 5.41) is 0. The molecule has 0 aliphatic carbocycles. The summed E-state index contributed by atoms with van der Waals surface area (Å²) < 4.78 is 0. The molecule has 0 radical (unpaired) electrons. The highest BCUT2D eigenvalue weighted by Gasteiger charge is 2.00. The third kappa shape index (κ3) is 2.67. The predicted molar refractivity (Wildman–Crippen MR) is 63.3 cm³/mol. The molecule has 0 saturated carbocycles. The summed E-state index contributed by atoms with van der Waals surface area (Å²) in [6.45, 7) is 0. The minimum Gasteiger partial charge on any atom is -0.368 e. The Balaban J connectivity index is 2.36. The van der Waals surface area contributed by atoms with E-state index in [9.17, 15) is 0 Å². The van der Waals surface area contributed by atoms with Crippen molar-refractivity contribution in [2.75, 3.05) is 22.9 Å². The summed E-state index contributed by atoms with van der Waals surface area (Å²) in [5.74, 6) is 5.21. The average Bonchev–Trinajstić information content (AvgIpc) is 2.23. The summed E-state index contributed by atoms with van der Waals surface area (Å²) in [6.07, 6.45) is 0. The van der Waals surface area contributed by atoms with Gasteiger partial charge in [-0.25, -0.2) is 0 Å². The van der Waals surface area contributed by atoms with Gasteiger partial charge in [0.05, 0.1) is 0 Å². The highest BCUT2D eigenvalue weighted by atomic mass is 15.1. The van der Waals surface area contributed by atoms with Crippen LogP contribution in [0.5, 0.6) is 0 Å². The molecule has 0 fully saturated rings. The Morgan fingerprint density at radius 1 is 0.500 bits per heavy atom. The summed E-state index contributed by atoms with van der Waals surface area (Å²) in [6, 6.07) is 0. The molecule has 2 rings (SSSR count). The number of nitrogens with two attached hydrogens (primary N) is 4. The lowest BCUT2D eigenvalue weighted by atomic mass is 10.5. The van der Waals surface area contributed by atoms with Crippen molar-refractivity contribution < 1.29 is 0 Å². The molecule has 0 amide bonds. The van der Waals surface area contributed by atoms with Crippen molar-refractivity contribution in [2.24, 2.45) is 0 Å². The fraction of sp³-hybridized carbons (Fsp3) is 0. The van der Waals surface area contributed by atoms with Crippen LogP contribution in [-0.4, -0.2) is 29.9 Å². The van der Waals surface area contributed by atoms with Crippen molar-refractivity contribution in [3.8, 4) is 11.8 Å². The Hall–Kier alpha value is -3.22. The summed E-state index contributed by atoms with van der Waals surface area (Å²) >= 11 is 0. The van der Waals surface area contributed by atoms with Gasteiger partial charge in [-0.05, 0) is 11.8 Å². The number of anilines is 4. The number of hydrogen-bond acceptors (Lipinski definition) is 10. The molecule has 90 valence electrons. The molecule has 0 aliphatic rings. The molecule has 0 atom stereocenters. The zero-order valence-electron chi connectivity index (χ0n) is 8.99. The van der Waals surface area contributed by atoms with Gasteiger partial charge in [-0.15, -0.1) is 0 Å². The fourth-order valence-corrected chi connectivity index (χ4v) is 1.04. The smallest absolute Gasteiger partial charge is 0.225 e. The number of nitrogen functional groups attached to an aromatic ring is 4. The molecule has 0 unspecified atom stereocenters. The first-order valence-corrected chi connectivity index (χ1v) is 4.59. The SMILES string of the molecule is Nc1nc(N)nc(C#Cc2nc(N)nc(N)n2)n1. The normalized spacial score (nSPS) is 9.56. The van der Waals surface area contributed by atoms with Crippen LogP contribution in [-0.2, 0) is 0 Å². The van der Waals surface area contributed by atoms with Gasteiger partial charge in [0.25, 0.3) is 0 Å². The van der Waals surface area contributed by atoms with Crippen molar-refractivity contribution in [2.45, 2.75) is 0 Å². The van der Waals surface area contributed by atoms with Crippen molar-refractivity contribution in [3.63, 3.8) is 0 Å². The molecule has 0 bridgehead atoms. The Labute approximate surface area is 101 Å². The lowest BCUT2D eigenvalue weighted by Gasteiger charge is -1.95. The first kappa shape index (κ1) is 11.3. The van der Waals surface area contributed by atoms with Gasteiger partial charge in [-0.1, -0.05) is 0 Å². The number of aromatic nitrogens is 6. The van der Waals surface area contributed by atoms with E-state index < -0.39 is 0 Å². The van der Waals surface area contributed by atoms with Gasteiger partial charge in [-0.3, -0.25) is 0 Å². The quantitative estimate of drug-likeness (QED) is 0.370. The van der Waals surface area contributed by atoms with Crippen LogP contribution in [0.2, 0.25) is 0 Å². The fourth-order valence-electron chi connectivity index (χ4n) is 1.04. The number of hydrogen-bond donors (Lipinski definition) is 4. The highest BCUT2D eigenvalue weighted by Crippen LogP contribution is 1.99. The number of rotatable bonds is 0. The summed E-state index contributed by atoms with van der Waals surface area (Å²) in [7, 11) is 0. The van der Waals surface area contributed by atoms with Crippen LogP contribution in [0, 0.1) is 11.8 Å². The number of nitrogens with zero attached hydrogens (tertiary/aromatic N) is 6. The van der Waals surface area contributed by atoms with Gasteiger partial charge < -0.3 is 22.9 Å². The van der Waals surface area contributed by atoms with Crippen LogP contribution in [0.3, 0.4) is 0 Å². The van der Waals surface area contributed by atoms with Crippen molar-refractivity contribution >= 4 is 23.8 Å². The van der Waals surface area contributed by atoms with Crippen LogP contribution in [0.4, 0.5) is 23.8 Å². The van der Waals surface area contributed by atoms with E-state index in [4.69, 9.17) is 22.9 Å². The van der Waals surface area contributed by atoms with Gasteiger partial charge in [0, 0.05) is 0 Å². The molecule has 2 heterocycles. The molecule has 2 aromatic rings. The van der Waals surface area contributed by atoms with Crippen molar-refractivity contribution in [3.05, 3.63) is 11.6 Å². The van der Waals surface area contributed by atoms with Gasteiger partial charge in [-0.2, -0.15) is 29.9 Å². The molecule has 0 saturated heterocycles. The maximum atomic E-state index is 5.39. The van der Waals surface area contributed by atoms with E-state index in [1.807, 2.05) is 0 Å². The molecular formula is C8H8N10. The standard InChI is InChI=1S/C8H8N10/c9-5-13-3(14-6(10)17-5)1-2-4-15-7(11)18-8(12)16-4/h(H4,9,10,13,14,17)(H4,11,12,15,16,18). The average molecular weight is 244 g/mol. The Morgan fingerprint density at radius 2 is 0.778 bits per heavy atom. The van der Waals surface area contributed by atoms with Gasteiger partial charge >= 0.3 is 0 Å². The molecule has 0 spiro atoms. The molecular weight excluding hydrogens is 236 g/mol. The van der Waals surface area contributed by atoms with Crippen molar-refractivity contribution in [1.82, 2.24) is 29.9 Å². The van der Waals surface area contributed by atoms with Gasteiger partial charge in [0.2, 0.25) is 35.4 Å². The molecule has 0 aromatic carbocycles. The maximum absolute atomic E-state index is 5.39. The third-order valence-corrected chi connectivity index (χ3v) is 1.63. The highest BCUT2D eigenvalue weighted by molar-refractivity contribution is 5.38. The first-order valence-electron chi connectivity index (χ1n) is 4.59. The Kier molecular flexibility index (Phi) is 2.72. The minimum atomic E-state index is -0.0264. The molecule has 10 nitrogen and oxygen atoms in total. The lowest BCUT2D eigenvalue weighted by Crippen LogP contribution is -2.06. The predicted octanol–water partition coefficient (Wildman–Crippen LogP) is -2.21. The van der Waals surface area contributed by atoms with Gasteiger partial charge in [0.15, 0.2) is 0 Å². The first-order chi connectivity index (χ1) is 8.52. The van der Waals surface area contributed by atoms with E-state index in [-0.39, 0.29) is 35.4 Å².